The van der Waals surface area contributed by atoms with Gasteiger partial charge in [-0.25, -0.2) is 0 Å². The Balaban J connectivity index is 1.60. The Morgan fingerprint density at radius 1 is 0.463 bits per heavy atom. The third-order valence-electron chi connectivity index (χ3n) is 13.9. The number of allylic oxidation sites excluding steroid dienone is 22. The maximum atomic E-state index is 13.2. The minimum atomic E-state index is -1.79. The van der Waals surface area contributed by atoms with Crippen molar-refractivity contribution in [2.24, 2.45) is 0 Å². The summed E-state index contributed by atoms with van der Waals surface area (Å²) in [6.07, 6.45) is 56.5. The highest BCUT2D eigenvalue weighted by atomic mass is 16.7. The van der Waals surface area contributed by atoms with Crippen LogP contribution in [0.25, 0.3) is 0 Å². The molecule has 80 heavy (non-hydrogen) atoms. The van der Waals surface area contributed by atoms with Crippen LogP contribution in [0.3, 0.4) is 0 Å². The zero-order chi connectivity index (χ0) is 58.1. The van der Waals surface area contributed by atoms with Gasteiger partial charge in [0, 0.05) is 6.42 Å². The van der Waals surface area contributed by atoms with Gasteiger partial charge in [-0.05, 0) is 96.3 Å². The predicted molar refractivity (Wildman–Crippen MR) is 322 cm³/mol. The molecule has 2 fully saturated rings. The van der Waals surface area contributed by atoms with E-state index in [1.165, 1.54) is 12.8 Å². The first-order valence-corrected chi connectivity index (χ1v) is 30.4. The van der Waals surface area contributed by atoms with E-state index < -0.39 is 86.8 Å². The molecule has 0 radical (unpaired) electrons. The number of hydrogen-bond donors (Lipinski definition) is 9. The molecule has 2 aliphatic heterocycles. The average Bonchev–Trinajstić information content (AvgIpc) is 3.48. The number of rotatable bonds is 46. The smallest absolute Gasteiger partial charge is 0.220 e. The third kappa shape index (κ3) is 34.5. The SMILES string of the molecule is CC/C=C\C/C=C\C/C=C\C/C=C\C/C=C\C/C=C\C/C=C\C/C=C\C/C=C\C/C=C\C/C=C\CCCCCCCC(=O)NC(COC1OC(CO)C(OC2OC(CO)C(O)C(O)C2O)C(O)C1O)C(O)CCCCCCCCC. The zero-order valence-corrected chi connectivity index (χ0v) is 48.8. The molecule has 0 aliphatic carbocycles. The van der Waals surface area contributed by atoms with Gasteiger partial charge in [-0.3, -0.25) is 4.79 Å². The lowest BCUT2D eigenvalue weighted by atomic mass is 9.97. The lowest BCUT2D eigenvalue weighted by molar-refractivity contribution is -0.359. The number of hydrogen-bond acceptors (Lipinski definition) is 13. The van der Waals surface area contributed by atoms with E-state index in [-0.39, 0.29) is 18.9 Å². The van der Waals surface area contributed by atoms with E-state index in [0.717, 1.165) is 135 Å². The van der Waals surface area contributed by atoms with Gasteiger partial charge < -0.3 is 65.1 Å². The van der Waals surface area contributed by atoms with E-state index in [9.17, 15) is 45.6 Å². The molecule has 0 aromatic rings. The van der Waals surface area contributed by atoms with Gasteiger partial charge in [0.25, 0.3) is 0 Å². The van der Waals surface area contributed by atoms with E-state index in [4.69, 9.17) is 18.9 Å². The topological polar surface area (TPSA) is 228 Å². The molecule has 0 spiro atoms. The van der Waals surface area contributed by atoms with Crippen molar-refractivity contribution in [2.45, 2.75) is 254 Å². The molecule has 12 atom stereocenters. The van der Waals surface area contributed by atoms with Crippen LogP contribution in [-0.4, -0.2) is 140 Å². The molecule has 9 N–H and O–H groups in total. The van der Waals surface area contributed by atoms with Crippen LogP contribution in [0.5, 0.6) is 0 Å². The maximum absolute atomic E-state index is 13.2. The van der Waals surface area contributed by atoms with Crippen LogP contribution >= 0.6 is 0 Å². The minimum Gasteiger partial charge on any atom is -0.394 e. The van der Waals surface area contributed by atoms with Crippen molar-refractivity contribution in [2.75, 3.05) is 19.8 Å². The molecule has 0 bridgehead atoms. The Kier molecular flexibility index (Phi) is 44.9. The van der Waals surface area contributed by atoms with Crippen LogP contribution in [-0.2, 0) is 23.7 Å². The van der Waals surface area contributed by atoms with Gasteiger partial charge in [0.1, 0.15) is 48.8 Å². The Bertz CT molecular complexity index is 1850. The summed E-state index contributed by atoms with van der Waals surface area (Å²) in [6.45, 7) is 2.64. The summed E-state index contributed by atoms with van der Waals surface area (Å²) in [5.41, 5.74) is 0. The first-order chi connectivity index (χ1) is 39.1. The summed E-state index contributed by atoms with van der Waals surface area (Å²) in [5.74, 6) is -0.237. The molecule has 12 unspecified atom stereocenters. The first kappa shape index (κ1) is 72.2. The number of aliphatic hydroxyl groups is 8. The maximum Gasteiger partial charge on any atom is 0.220 e. The van der Waals surface area contributed by atoms with Gasteiger partial charge in [-0.2, -0.15) is 0 Å². The summed E-state index contributed by atoms with van der Waals surface area (Å²) in [6, 6.07) is -0.846. The van der Waals surface area contributed by atoms with Crippen molar-refractivity contribution < 1.29 is 64.6 Å². The standard InChI is InChI=1S/C66H107NO13/c1-3-5-7-9-11-12-13-14-15-16-17-18-19-20-21-22-23-24-25-26-27-28-29-30-31-32-33-34-35-36-37-38-39-40-41-42-44-46-48-50-58(71)67-54(55(70)49-47-45-43-10-8-6-4-2)53-77-65-63(76)61(74)64(57(52-69)79-65)80-66-62(75)60(73)59(72)56(51-68)78-66/h5,7,11-12,14-15,17-18,20-21,23-24,26-27,29-30,32-33,35-36,38-39,54-57,59-66,68-70,72-76H,3-4,6,8-10,13,16,19,22,25,28,31,34,37,40-53H2,1-2H3,(H,67,71)/b7-5-,12-11-,15-14-,18-17-,21-20-,24-23-,27-26-,30-29-,33-32-,36-35-,39-38-. The van der Waals surface area contributed by atoms with Crippen LogP contribution in [0, 0.1) is 0 Å². The molecule has 0 aromatic heterocycles. The second-order valence-corrected chi connectivity index (χ2v) is 20.7. The minimum absolute atomic E-state index is 0.237. The quantitative estimate of drug-likeness (QED) is 0.0204. The molecule has 0 aromatic carbocycles. The van der Waals surface area contributed by atoms with E-state index in [0.29, 0.717) is 12.8 Å². The Labute approximate surface area is 481 Å². The fourth-order valence-electron chi connectivity index (χ4n) is 9.00. The van der Waals surface area contributed by atoms with Gasteiger partial charge in [0.2, 0.25) is 5.91 Å². The zero-order valence-electron chi connectivity index (χ0n) is 48.8. The number of carbonyl (C=O) groups excluding carboxylic acids is 1. The molecule has 2 aliphatic rings. The Hall–Kier alpha value is -3.87. The van der Waals surface area contributed by atoms with Gasteiger partial charge in [0.15, 0.2) is 12.6 Å². The first-order valence-electron chi connectivity index (χ1n) is 30.4. The van der Waals surface area contributed by atoms with Crippen molar-refractivity contribution in [3.05, 3.63) is 134 Å². The normalized spacial score (nSPS) is 25.2. The van der Waals surface area contributed by atoms with Crippen LogP contribution in [0.4, 0.5) is 0 Å². The lowest BCUT2D eigenvalue weighted by Gasteiger charge is -2.46. The van der Waals surface area contributed by atoms with Crippen molar-refractivity contribution in [1.29, 1.82) is 0 Å². The second-order valence-electron chi connectivity index (χ2n) is 20.7. The number of amides is 1. The Morgan fingerprint density at radius 2 is 0.863 bits per heavy atom. The summed E-state index contributed by atoms with van der Waals surface area (Å²) in [7, 11) is 0. The van der Waals surface area contributed by atoms with Crippen LogP contribution in [0.2, 0.25) is 0 Å². The molecule has 2 heterocycles. The van der Waals surface area contributed by atoms with E-state index >= 15 is 0 Å². The highest BCUT2D eigenvalue weighted by Crippen LogP contribution is 2.30. The number of unbranched alkanes of at least 4 members (excludes halogenated alkanes) is 11. The van der Waals surface area contributed by atoms with Crippen molar-refractivity contribution >= 4 is 5.91 Å². The monoisotopic (exact) mass is 1120 g/mol. The molecule has 2 rings (SSSR count). The third-order valence-corrected chi connectivity index (χ3v) is 13.9. The largest absolute Gasteiger partial charge is 0.394 e. The predicted octanol–water partition coefficient (Wildman–Crippen LogP) is 10.8. The molecule has 14 nitrogen and oxygen atoms in total. The molecule has 454 valence electrons. The molecule has 14 heteroatoms. The Morgan fingerprint density at radius 3 is 1.32 bits per heavy atom. The van der Waals surface area contributed by atoms with E-state index in [2.05, 4.69) is 153 Å². The number of nitrogens with one attached hydrogen (secondary N) is 1. The van der Waals surface area contributed by atoms with E-state index in [1.54, 1.807) is 0 Å². The highest BCUT2D eigenvalue weighted by molar-refractivity contribution is 5.76. The van der Waals surface area contributed by atoms with Gasteiger partial charge >= 0.3 is 0 Å². The van der Waals surface area contributed by atoms with Crippen LogP contribution < -0.4 is 5.32 Å². The number of ether oxygens (including phenoxy) is 4. The molecular formula is C66H107NO13. The van der Waals surface area contributed by atoms with Gasteiger partial charge in [0.05, 0.1) is 32.0 Å². The summed E-state index contributed by atoms with van der Waals surface area (Å²) in [5, 5.41) is 86.8. The van der Waals surface area contributed by atoms with Crippen molar-refractivity contribution in [3.8, 4) is 0 Å². The van der Waals surface area contributed by atoms with Gasteiger partial charge in [-0.15, -0.1) is 0 Å². The fraction of sp³-hybridized carbons (Fsp3) is 0.652. The number of carbonyl (C=O) groups is 1. The molecule has 2 saturated heterocycles. The second kappa shape index (κ2) is 49.7. The average molecular weight is 1120 g/mol. The van der Waals surface area contributed by atoms with E-state index in [1.807, 2.05) is 0 Å². The summed E-state index contributed by atoms with van der Waals surface area (Å²) < 4.78 is 22.7. The van der Waals surface area contributed by atoms with Crippen LogP contribution in [0.15, 0.2) is 134 Å². The molecule has 0 saturated carbocycles. The van der Waals surface area contributed by atoms with Crippen LogP contribution in [0.1, 0.15) is 181 Å². The molecular weight excluding hydrogens is 1010 g/mol. The molecule has 1 amide bonds. The summed E-state index contributed by atoms with van der Waals surface area (Å²) >= 11 is 0. The summed E-state index contributed by atoms with van der Waals surface area (Å²) in [4.78, 5) is 13.2. The fourth-order valence-corrected chi connectivity index (χ4v) is 9.00. The number of aliphatic hydroxyl groups excluding tert-OH is 8. The lowest BCUT2D eigenvalue weighted by Crippen LogP contribution is -2.65. The van der Waals surface area contributed by atoms with Crippen molar-refractivity contribution in [3.63, 3.8) is 0 Å². The highest BCUT2D eigenvalue weighted by Gasteiger charge is 2.51. The van der Waals surface area contributed by atoms with Gasteiger partial charge in [-0.1, -0.05) is 212 Å². The van der Waals surface area contributed by atoms with Crippen molar-refractivity contribution in [1.82, 2.24) is 5.32 Å².